The number of carbonyl (C=O) groups excluding carboxylic acids is 2. The van der Waals surface area contributed by atoms with E-state index in [2.05, 4.69) is 0 Å². The first kappa shape index (κ1) is 26.1. The van der Waals surface area contributed by atoms with Gasteiger partial charge in [-0.15, -0.1) is 0 Å². The average Bonchev–Trinajstić information content (AvgIpc) is 2.99. The van der Waals surface area contributed by atoms with E-state index in [0.717, 1.165) is 31.2 Å². The van der Waals surface area contributed by atoms with Gasteiger partial charge in [0.05, 0.1) is 23.7 Å². The zero-order chi connectivity index (χ0) is 26.4. The number of unbranched alkanes of at least 4 members (excludes halogenated alkanes) is 2. The number of rotatable bonds is 10. The van der Waals surface area contributed by atoms with Crippen LogP contribution in [-0.4, -0.2) is 41.4 Å². The van der Waals surface area contributed by atoms with E-state index in [0.29, 0.717) is 28.9 Å². The van der Waals surface area contributed by atoms with Crippen LogP contribution in [0.15, 0.2) is 78.9 Å². The van der Waals surface area contributed by atoms with E-state index in [4.69, 9.17) is 5.73 Å². The summed E-state index contributed by atoms with van der Waals surface area (Å²) in [5.41, 5.74) is 8.83. The highest BCUT2D eigenvalue weighted by molar-refractivity contribution is 6.11. The van der Waals surface area contributed by atoms with Gasteiger partial charge in [0.2, 0.25) is 0 Å². The second-order valence-corrected chi connectivity index (χ2v) is 9.40. The third kappa shape index (κ3) is 5.73. The summed E-state index contributed by atoms with van der Waals surface area (Å²) >= 11 is 0. The van der Waals surface area contributed by atoms with Crippen molar-refractivity contribution in [3.8, 4) is 0 Å². The van der Waals surface area contributed by atoms with Crippen LogP contribution in [0.25, 0.3) is 0 Å². The van der Waals surface area contributed by atoms with Gasteiger partial charge >= 0.3 is 5.97 Å². The summed E-state index contributed by atoms with van der Waals surface area (Å²) in [6, 6.07) is 22.0. The number of anilines is 1. The van der Waals surface area contributed by atoms with Crippen LogP contribution in [0.4, 0.5) is 5.69 Å². The highest BCUT2D eigenvalue weighted by atomic mass is 16.4. The van der Waals surface area contributed by atoms with Gasteiger partial charge in [0, 0.05) is 7.05 Å². The number of aryl methyl sites for hydroxylation is 1. The lowest BCUT2D eigenvalue weighted by Gasteiger charge is -2.36. The Morgan fingerprint density at radius 2 is 1.62 bits per heavy atom. The number of nitrogens with zero attached hydrogens (tertiary/aromatic N) is 2. The smallest absolute Gasteiger partial charge is 0.305 e. The van der Waals surface area contributed by atoms with Gasteiger partial charge in [-0.2, -0.15) is 0 Å². The Hall–Kier alpha value is -3.97. The molecule has 3 N–H and O–H groups in total. The first-order valence-electron chi connectivity index (χ1n) is 12.7. The van der Waals surface area contributed by atoms with Crippen molar-refractivity contribution < 1.29 is 19.5 Å². The molecule has 3 aromatic rings. The molecule has 192 valence electrons. The second kappa shape index (κ2) is 11.8. The lowest BCUT2D eigenvalue weighted by molar-refractivity contribution is -0.139. The number of nitrogens with two attached hydrogens (primary N) is 1. The van der Waals surface area contributed by atoms with Crippen LogP contribution in [0.3, 0.4) is 0 Å². The highest BCUT2D eigenvalue weighted by Gasteiger charge is 2.43. The van der Waals surface area contributed by atoms with Crippen LogP contribution in [0.2, 0.25) is 0 Å². The van der Waals surface area contributed by atoms with Crippen LogP contribution in [0.5, 0.6) is 0 Å². The molecule has 7 heteroatoms. The number of carbonyl (C=O) groups is 3. The van der Waals surface area contributed by atoms with E-state index in [1.165, 1.54) is 9.80 Å². The van der Waals surface area contributed by atoms with Crippen LogP contribution >= 0.6 is 0 Å². The summed E-state index contributed by atoms with van der Waals surface area (Å²) in [5, 5.41) is 9.85. The number of carboxylic acids is 1. The number of hydrogen-bond donors (Lipinski definition) is 2. The summed E-state index contributed by atoms with van der Waals surface area (Å²) in [4.78, 5) is 43.4. The minimum atomic E-state index is -1.05. The molecule has 0 bridgehead atoms. The largest absolute Gasteiger partial charge is 0.481 e. The fourth-order valence-corrected chi connectivity index (χ4v) is 5.01. The van der Waals surface area contributed by atoms with Gasteiger partial charge in [-0.3, -0.25) is 14.4 Å². The molecule has 4 rings (SSSR count). The van der Waals surface area contributed by atoms with E-state index < -0.39 is 18.1 Å². The number of fused-ring (bicyclic) bond motifs is 1. The Bertz CT molecular complexity index is 1250. The normalized spacial score (nSPS) is 16.3. The molecular formula is C30H33N3O4. The topological polar surface area (TPSA) is 104 Å². The molecule has 2 unspecified atom stereocenters. The number of benzene rings is 3. The minimum absolute atomic E-state index is 0.291. The maximum atomic E-state index is 14.4. The lowest BCUT2D eigenvalue weighted by Crippen LogP contribution is -2.43. The summed E-state index contributed by atoms with van der Waals surface area (Å²) in [6.45, 7) is 0.649. The Morgan fingerprint density at radius 1 is 0.946 bits per heavy atom. The molecule has 2 atom stereocenters. The number of aliphatic carboxylic acids is 1. The van der Waals surface area contributed by atoms with Crippen molar-refractivity contribution in [2.45, 2.75) is 44.2 Å². The van der Waals surface area contributed by atoms with Crippen molar-refractivity contribution in [3.63, 3.8) is 0 Å². The zero-order valence-corrected chi connectivity index (χ0v) is 21.0. The monoisotopic (exact) mass is 499 g/mol. The van der Waals surface area contributed by atoms with Gasteiger partial charge in [-0.25, -0.2) is 0 Å². The third-order valence-corrected chi connectivity index (χ3v) is 6.90. The summed E-state index contributed by atoms with van der Waals surface area (Å²) in [6.07, 6.45) is 3.35. The molecule has 0 spiro atoms. The summed E-state index contributed by atoms with van der Waals surface area (Å²) in [5.74, 6) is -1.70. The number of amides is 2. The molecule has 2 amide bonds. The fraction of sp³-hybridized carbons (Fsp3) is 0.300. The molecule has 1 heterocycles. The molecular weight excluding hydrogens is 466 g/mol. The maximum absolute atomic E-state index is 14.4. The Balaban J connectivity index is 1.86. The zero-order valence-electron chi connectivity index (χ0n) is 21.0. The molecule has 37 heavy (non-hydrogen) atoms. The molecule has 1 aliphatic rings. The van der Waals surface area contributed by atoms with Crippen molar-refractivity contribution in [2.75, 3.05) is 18.5 Å². The highest BCUT2D eigenvalue weighted by Crippen LogP contribution is 2.40. The molecule has 0 fully saturated rings. The lowest BCUT2D eigenvalue weighted by atomic mass is 9.95. The van der Waals surface area contributed by atoms with Crippen molar-refractivity contribution in [1.82, 2.24) is 4.90 Å². The molecule has 0 radical (unpaired) electrons. The van der Waals surface area contributed by atoms with E-state index in [1.54, 1.807) is 31.3 Å². The average molecular weight is 500 g/mol. The van der Waals surface area contributed by atoms with Crippen molar-refractivity contribution in [1.29, 1.82) is 0 Å². The van der Waals surface area contributed by atoms with Crippen LogP contribution in [0, 0.1) is 0 Å². The number of likely N-dealkylation sites (N-methyl/N-ethyl adjacent to an activating group) is 1. The van der Waals surface area contributed by atoms with Crippen LogP contribution < -0.4 is 10.6 Å². The molecule has 0 saturated heterocycles. The van der Waals surface area contributed by atoms with Crippen molar-refractivity contribution in [3.05, 3.63) is 101 Å². The van der Waals surface area contributed by atoms with E-state index >= 15 is 0 Å². The maximum Gasteiger partial charge on any atom is 0.305 e. The Labute approximate surface area is 217 Å². The van der Waals surface area contributed by atoms with Gasteiger partial charge in [-0.05, 0) is 54.6 Å². The van der Waals surface area contributed by atoms with Gasteiger partial charge < -0.3 is 20.6 Å². The number of hydrogen-bond acceptors (Lipinski definition) is 4. The first-order chi connectivity index (χ1) is 17.9. The Kier molecular flexibility index (Phi) is 8.36. The van der Waals surface area contributed by atoms with Crippen molar-refractivity contribution in [2.24, 2.45) is 5.73 Å². The van der Waals surface area contributed by atoms with Crippen molar-refractivity contribution >= 4 is 23.5 Å². The van der Waals surface area contributed by atoms with Gasteiger partial charge in [0.25, 0.3) is 11.8 Å². The second-order valence-electron chi connectivity index (χ2n) is 9.40. The van der Waals surface area contributed by atoms with Gasteiger partial charge in [0.15, 0.2) is 0 Å². The summed E-state index contributed by atoms with van der Waals surface area (Å²) in [7, 11) is 1.67. The first-order valence-corrected chi connectivity index (χ1v) is 12.7. The Morgan fingerprint density at radius 3 is 2.27 bits per heavy atom. The van der Waals surface area contributed by atoms with E-state index in [1.807, 2.05) is 54.6 Å². The predicted octanol–water partition coefficient (Wildman–Crippen LogP) is 4.73. The van der Waals surface area contributed by atoms with E-state index in [9.17, 15) is 19.5 Å². The quantitative estimate of drug-likeness (QED) is 0.392. The SMILES string of the molecule is CN1C(=O)C(c2ccccc2)N(C(CC(=O)O)c2ccccc2)C(=O)c2cc(CCCCCN)ccc21. The molecule has 0 aliphatic carbocycles. The number of carboxylic acid groups (broad SMARTS) is 1. The molecule has 0 saturated carbocycles. The van der Waals surface area contributed by atoms with Gasteiger partial charge in [-0.1, -0.05) is 73.2 Å². The molecule has 3 aromatic carbocycles. The van der Waals surface area contributed by atoms with Gasteiger partial charge in [0.1, 0.15) is 6.04 Å². The summed E-state index contributed by atoms with van der Waals surface area (Å²) < 4.78 is 0. The predicted molar refractivity (Wildman–Crippen MR) is 143 cm³/mol. The standard InChI is InChI=1S/C30H33N3O4/c1-32-25-17-16-21(11-5-4-10-18-31)19-24(25)29(36)33(28(30(32)37)23-14-8-3-9-15-23)26(20-27(34)35)22-12-6-2-7-13-22/h2-3,6-9,12-17,19,26,28H,4-5,10-11,18,20,31H2,1H3,(H,34,35). The third-order valence-electron chi connectivity index (χ3n) is 6.90. The minimum Gasteiger partial charge on any atom is -0.481 e. The molecule has 7 nitrogen and oxygen atoms in total. The fourth-order valence-electron chi connectivity index (χ4n) is 5.01. The van der Waals surface area contributed by atoms with E-state index in [-0.39, 0.29) is 18.2 Å². The van der Waals surface area contributed by atoms with Crippen LogP contribution in [-0.2, 0) is 16.0 Å². The molecule has 0 aromatic heterocycles. The molecule has 1 aliphatic heterocycles. The van der Waals surface area contributed by atoms with Crippen LogP contribution in [0.1, 0.15) is 64.8 Å².